The average molecular weight is 504 g/mol. The first-order valence-corrected chi connectivity index (χ1v) is 12.4. The normalized spacial score (nSPS) is 19.7. The van der Waals surface area contributed by atoms with Crippen molar-refractivity contribution in [3.8, 4) is 0 Å². The summed E-state index contributed by atoms with van der Waals surface area (Å²) in [5.74, 6) is -1.21. The summed E-state index contributed by atoms with van der Waals surface area (Å²) in [6.45, 7) is 12.8. The molecule has 0 aliphatic heterocycles. The van der Waals surface area contributed by atoms with Crippen molar-refractivity contribution in [3.63, 3.8) is 0 Å². The molecule has 2 N–H and O–H groups in total. The van der Waals surface area contributed by atoms with Gasteiger partial charge in [-0.25, -0.2) is 8.78 Å². The van der Waals surface area contributed by atoms with Crippen molar-refractivity contribution in [2.45, 2.75) is 33.6 Å². The van der Waals surface area contributed by atoms with Crippen LogP contribution in [0.4, 0.5) is 8.78 Å². The number of amides is 1. The lowest BCUT2D eigenvalue weighted by atomic mass is 9.72. The summed E-state index contributed by atoms with van der Waals surface area (Å²) in [5.41, 5.74) is 5.99. The molecule has 1 saturated carbocycles. The van der Waals surface area contributed by atoms with Gasteiger partial charge in [0, 0.05) is 33.2 Å². The molecule has 1 fully saturated rings. The molecule has 1 aliphatic rings. The number of rotatable bonds is 13. The molecule has 0 saturated heterocycles. The third-order valence-electron chi connectivity index (χ3n) is 7.26. The third kappa shape index (κ3) is 7.13. The van der Waals surface area contributed by atoms with Crippen LogP contribution in [0.15, 0.2) is 46.7 Å². The topological polar surface area (TPSA) is 91.4 Å². The lowest BCUT2D eigenvalue weighted by Crippen LogP contribution is -2.45. The molecule has 1 aromatic carbocycles. The van der Waals surface area contributed by atoms with E-state index in [0.29, 0.717) is 26.2 Å². The van der Waals surface area contributed by atoms with Gasteiger partial charge in [0.05, 0.1) is 24.4 Å². The van der Waals surface area contributed by atoms with Crippen LogP contribution in [0.25, 0.3) is 5.70 Å². The molecule has 0 radical (unpaired) electrons. The minimum atomic E-state index is -0.708. The first-order valence-electron chi connectivity index (χ1n) is 12.4. The molecule has 1 aromatic rings. The van der Waals surface area contributed by atoms with Gasteiger partial charge in [0.15, 0.2) is 0 Å². The molecule has 36 heavy (non-hydrogen) atoms. The highest BCUT2D eigenvalue weighted by Gasteiger charge is 2.44. The van der Waals surface area contributed by atoms with Crippen LogP contribution in [0.1, 0.15) is 39.2 Å². The van der Waals surface area contributed by atoms with E-state index in [9.17, 15) is 18.4 Å². The molecule has 9 heteroatoms. The number of likely N-dealkylation sites (N-methyl/N-ethyl adjacent to an activating group) is 1. The minimum Gasteiger partial charge on any atom is -0.342 e. The molecule has 0 unspecified atom stereocenters. The van der Waals surface area contributed by atoms with Crippen molar-refractivity contribution in [1.29, 1.82) is 0 Å². The average Bonchev–Trinajstić information content (AvgIpc) is 3.11. The van der Waals surface area contributed by atoms with E-state index in [2.05, 4.69) is 30.7 Å². The first kappa shape index (κ1) is 29.5. The number of carbonyl (C=O) groups excluding carboxylic acids is 2. The fourth-order valence-electron chi connectivity index (χ4n) is 5.15. The van der Waals surface area contributed by atoms with Crippen LogP contribution in [0, 0.1) is 28.9 Å². The van der Waals surface area contributed by atoms with E-state index in [0.717, 1.165) is 24.7 Å². The fourth-order valence-corrected chi connectivity index (χ4v) is 5.15. The van der Waals surface area contributed by atoms with E-state index < -0.39 is 11.6 Å². The number of aldehydes is 1. The highest BCUT2D eigenvalue weighted by Crippen LogP contribution is 2.51. The Labute approximate surface area is 213 Å². The SMILES string of the molecule is C=C(/C=C(\N=N/C)c1c(F)cccc1F)[C@@H]1CC[C@@H](CN(CC)C(=O)CN(CC=O)CCN)C1(C)C. The molecule has 0 spiro atoms. The van der Waals surface area contributed by atoms with Gasteiger partial charge in [0.2, 0.25) is 5.91 Å². The van der Waals surface area contributed by atoms with E-state index in [-0.39, 0.29) is 47.5 Å². The Morgan fingerprint density at radius 1 is 1.28 bits per heavy atom. The second-order valence-corrected chi connectivity index (χ2v) is 9.77. The number of benzene rings is 1. The Morgan fingerprint density at radius 3 is 2.50 bits per heavy atom. The Kier molecular flexibility index (Phi) is 11.0. The maximum absolute atomic E-state index is 14.4. The van der Waals surface area contributed by atoms with E-state index in [1.54, 1.807) is 11.0 Å². The highest BCUT2D eigenvalue weighted by atomic mass is 19.1. The van der Waals surface area contributed by atoms with E-state index in [1.807, 2.05) is 11.8 Å². The van der Waals surface area contributed by atoms with Crippen LogP contribution in [-0.4, -0.2) is 68.3 Å². The van der Waals surface area contributed by atoms with E-state index >= 15 is 0 Å². The van der Waals surface area contributed by atoms with Crippen molar-refractivity contribution in [2.24, 2.45) is 33.2 Å². The van der Waals surface area contributed by atoms with Crippen LogP contribution in [0.3, 0.4) is 0 Å². The fraction of sp³-hybridized carbons (Fsp3) is 0.556. The molecule has 1 amide bonds. The maximum atomic E-state index is 14.4. The van der Waals surface area contributed by atoms with Gasteiger partial charge in [-0.3, -0.25) is 9.69 Å². The molecular formula is C27H39F2N5O2. The lowest BCUT2D eigenvalue weighted by Gasteiger charge is -2.37. The number of allylic oxidation sites excluding steroid dienone is 2. The Balaban J connectivity index is 2.20. The summed E-state index contributed by atoms with van der Waals surface area (Å²) in [4.78, 5) is 27.5. The molecule has 7 nitrogen and oxygen atoms in total. The van der Waals surface area contributed by atoms with Crippen molar-refractivity contribution in [3.05, 3.63) is 53.6 Å². The van der Waals surface area contributed by atoms with Crippen molar-refractivity contribution < 1.29 is 18.4 Å². The zero-order chi connectivity index (χ0) is 26.9. The standard InChI is InChI=1S/C27H39F2N5O2/c1-6-34(25(36)18-33(13-12-30)14-15-35)17-20-10-11-21(27(20,3)4)19(2)16-24(32-31-5)26-22(28)8-7-9-23(26)29/h7-9,15-16,20-21H,2,6,10-14,17-18,30H2,1,3-5H3/b24-16-,32-31-/t20-,21-/m0/s1. The maximum Gasteiger partial charge on any atom is 0.236 e. The molecule has 0 heterocycles. The van der Waals surface area contributed by atoms with Gasteiger partial charge in [0.25, 0.3) is 0 Å². The number of nitrogens with zero attached hydrogens (tertiary/aromatic N) is 4. The quantitative estimate of drug-likeness (QED) is 0.247. The zero-order valence-electron chi connectivity index (χ0n) is 21.8. The Bertz CT molecular complexity index is 972. The van der Waals surface area contributed by atoms with Crippen molar-refractivity contribution >= 4 is 17.9 Å². The molecule has 0 aromatic heterocycles. The van der Waals surface area contributed by atoms with Gasteiger partial charge < -0.3 is 15.4 Å². The molecule has 0 bridgehead atoms. The highest BCUT2D eigenvalue weighted by molar-refractivity contribution is 5.78. The summed E-state index contributed by atoms with van der Waals surface area (Å²) in [5, 5.41) is 7.74. The van der Waals surface area contributed by atoms with Gasteiger partial charge in [-0.1, -0.05) is 26.5 Å². The summed E-state index contributed by atoms with van der Waals surface area (Å²) in [7, 11) is 1.45. The zero-order valence-corrected chi connectivity index (χ0v) is 21.8. The second kappa shape index (κ2) is 13.5. The van der Waals surface area contributed by atoms with Crippen molar-refractivity contribution in [1.82, 2.24) is 9.80 Å². The van der Waals surface area contributed by atoms with E-state index in [4.69, 9.17) is 5.73 Å². The molecule has 198 valence electrons. The lowest BCUT2D eigenvalue weighted by molar-refractivity contribution is -0.133. The summed E-state index contributed by atoms with van der Waals surface area (Å²) >= 11 is 0. The third-order valence-corrected chi connectivity index (χ3v) is 7.26. The predicted octanol–water partition coefficient (Wildman–Crippen LogP) is 4.30. The number of hydrogen-bond acceptors (Lipinski definition) is 6. The number of nitrogens with two attached hydrogens (primary N) is 1. The van der Waals surface area contributed by atoms with Crippen LogP contribution < -0.4 is 5.73 Å². The number of carbonyl (C=O) groups is 2. The van der Waals surface area contributed by atoms with Crippen LogP contribution in [0.5, 0.6) is 0 Å². The van der Waals surface area contributed by atoms with Gasteiger partial charge in [0.1, 0.15) is 17.9 Å². The number of hydrogen-bond donors (Lipinski definition) is 1. The summed E-state index contributed by atoms with van der Waals surface area (Å²) in [6.07, 6.45) is 4.12. The smallest absolute Gasteiger partial charge is 0.236 e. The van der Waals surface area contributed by atoms with Gasteiger partial charge in [-0.05, 0) is 60.8 Å². The summed E-state index contributed by atoms with van der Waals surface area (Å²) < 4.78 is 28.9. The first-order chi connectivity index (χ1) is 17.1. The Hall–Kier alpha value is -2.78. The largest absolute Gasteiger partial charge is 0.342 e. The predicted molar refractivity (Wildman–Crippen MR) is 138 cm³/mol. The van der Waals surface area contributed by atoms with Crippen LogP contribution in [-0.2, 0) is 9.59 Å². The number of azo groups is 1. The van der Waals surface area contributed by atoms with Gasteiger partial charge in [-0.2, -0.15) is 10.2 Å². The molecule has 2 atom stereocenters. The molecular weight excluding hydrogens is 464 g/mol. The second-order valence-electron chi connectivity index (χ2n) is 9.77. The van der Waals surface area contributed by atoms with E-state index in [1.165, 1.54) is 25.2 Å². The molecule has 2 rings (SSSR count). The Morgan fingerprint density at radius 2 is 1.94 bits per heavy atom. The van der Waals surface area contributed by atoms with Crippen LogP contribution >= 0.6 is 0 Å². The molecule has 1 aliphatic carbocycles. The minimum absolute atomic E-state index is 0.0357. The number of halogens is 2. The van der Waals surface area contributed by atoms with Crippen molar-refractivity contribution in [2.75, 3.05) is 46.3 Å². The van der Waals surface area contributed by atoms with Gasteiger partial charge >= 0.3 is 0 Å². The van der Waals surface area contributed by atoms with Crippen LogP contribution in [0.2, 0.25) is 0 Å². The monoisotopic (exact) mass is 503 g/mol. The summed E-state index contributed by atoms with van der Waals surface area (Å²) in [6, 6.07) is 3.69. The van der Waals surface area contributed by atoms with Gasteiger partial charge in [-0.15, -0.1) is 0 Å².